The molecular formula is C21H18N2O4S. The van der Waals surface area contributed by atoms with Gasteiger partial charge in [0.1, 0.15) is 4.90 Å². The second-order valence-electron chi connectivity index (χ2n) is 7.00. The third kappa shape index (κ3) is 2.53. The fourth-order valence-corrected chi connectivity index (χ4v) is 5.19. The Labute approximate surface area is 163 Å². The van der Waals surface area contributed by atoms with Crippen molar-refractivity contribution in [1.82, 2.24) is 4.31 Å². The van der Waals surface area contributed by atoms with E-state index in [1.54, 1.807) is 4.90 Å². The molecule has 2 heterocycles. The van der Waals surface area contributed by atoms with E-state index in [2.05, 4.69) is 12.0 Å². The average Bonchev–Trinajstić information content (AvgIpc) is 3.14. The van der Waals surface area contributed by atoms with Crippen molar-refractivity contribution in [3.05, 3.63) is 58.1 Å². The van der Waals surface area contributed by atoms with E-state index in [1.807, 2.05) is 19.9 Å². The van der Waals surface area contributed by atoms with E-state index in [0.717, 1.165) is 23.2 Å². The predicted molar refractivity (Wildman–Crippen MR) is 105 cm³/mol. The molecule has 4 rings (SSSR count). The van der Waals surface area contributed by atoms with E-state index in [9.17, 15) is 18.0 Å². The average molecular weight is 394 g/mol. The molecule has 0 fully saturated rings. The van der Waals surface area contributed by atoms with Crippen molar-refractivity contribution in [2.45, 2.75) is 25.2 Å². The molecule has 7 heteroatoms. The summed E-state index contributed by atoms with van der Waals surface area (Å²) in [5.74, 6) is 1.23. The molecule has 142 valence electrons. The van der Waals surface area contributed by atoms with Crippen molar-refractivity contribution in [3.63, 3.8) is 0 Å². The Morgan fingerprint density at radius 2 is 1.89 bits per heavy atom. The minimum Gasteiger partial charge on any atom is -0.308 e. The summed E-state index contributed by atoms with van der Waals surface area (Å²) in [6, 6.07) is 8.23. The Balaban J connectivity index is 1.74. The molecule has 2 aliphatic rings. The van der Waals surface area contributed by atoms with Gasteiger partial charge in [0.2, 0.25) is 0 Å². The molecule has 0 bridgehead atoms. The molecule has 0 spiro atoms. The highest BCUT2D eigenvalue weighted by atomic mass is 32.2. The molecule has 28 heavy (non-hydrogen) atoms. The van der Waals surface area contributed by atoms with Gasteiger partial charge in [0, 0.05) is 17.8 Å². The van der Waals surface area contributed by atoms with Crippen LogP contribution in [0.15, 0.2) is 35.2 Å². The minimum absolute atomic E-state index is 0.0418. The lowest BCUT2D eigenvalue weighted by Gasteiger charge is -2.18. The highest BCUT2D eigenvalue weighted by Gasteiger charge is 2.41. The van der Waals surface area contributed by atoms with Crippen molar-refractivity contribution in [1.29, 1.82) is 0 Å². The number of terminal acetylenes is 1. The number of aryl methyl sites for hydroxylation is 2. The number of nitrogens with zero attached hydrogens (tertiary/aromatic N) is 2. The minimum atomic E-state index is -4.04. The summed E-state index contributed by atoms with van der Waals surface area (Å²) < 4.78 is 25.9. The lowest BCUT2D eigenvalue weighted by molar-refractivity contribution is 0.0881. The summed E-state index contributed by atoms with van der Waals surface area (Å²) in [5, 5.41) is 0. The van der Waals surface area contributed by atoms with E-state index in [4.69, 9.17) is 6.42 Å². The Kier molecular flexibility index (Phi) is 4.05. The van der Waals surface area contributed by atoms with E-state index in [-0.39, 0.29) is 28.5 Å². The van der Waals surface area contributed by atoms with E-state index in [0.29, 0.717) is 10.8 Å². The van der Waals surface area contributed by atoms with E-state index >= 15 is 0 Å². The zero-order valence-electron chi connectivity index (χ0n) is 15.5. The van der Waals surface area contributed by atoms with Gasteiger partial charge in [0.05, 0.1) is 12.1 Å². The molecule has 2 aromatic rings. The molecule has 0 radical (unpaired) electrons. The summed E-state index contributed by atoms with van der Waals surface area (Å²) >= 11 is 0. The summed E-state index contributed by atoms with van der Waals surface area (Å²) in [6.07, 6.45) is 5.94. The zero-order chi connectivity index (χ0) is 20.2. The predicted octanol–water partition coefficient (Wildman–Crippen LogP) is 2.28. The van der Waals surface area contributed by atoms with Crippen LogP contribution in [0.3, 0.4) is 0 Å². The first-order valence-corrected chi connectivity index (χ1v) is 10.3. The van der Waals surface area contributed by atoms with Gasteiger partial charge in [-0.05, 0) is 61.2 Å². The number of rotatable bonds is 2. The summed E-state index contributed by atoms with van der Waals surface area (Å²) in [5.41, 5.74) is 4.47. The van der Waals surface area contributed by atoms with Gasteiger partial charge >= 0.3 is 0 Å². The quantitative estimate of drug-likeness (QED) is 0.733. The van der Waals surface area contributed by atoms with Gasteiger partial charge in [-0.3, -0.25) is 9.59 Å². The number of fused-ring (bicyclic) bond motifs is 2. The highest BCUT2D eigenvalue weighted by molar-refractivity contribution is 7.90. The molecular weight excluding hydrogens is 376 g/mol. The first-order valence-electron chi connectivity index (χ1n) is 8.82. The van der Waals surface area contributed by atoms with Crippen LogP contribution in [0.5, 0.6) is 0 Å². The number of sulfonamides is 1. The van der Waals surface area contributed by atoms with Gasteiger partial charge in [-0.2, -0.15) is 0 Å². The third-order valence-corrected chi connectivity index (χ3v) is 7.09. The number of carbonyl (C=O) groups excluding carboxylic acids is 2. The van der Waals surface area contributed by atoms with Crippen LogP contribution < -0.4 is 4.90 Å². The van der Waals surface area contributed by atoms with Crippen LogP contribution in [-0.2, 0) is 16.4 Å². The molecule has 2 aliphatic heterocycles. The van der Waals surface area contributed by atoms with Crippen LogP contribution >= 0.6 is 0 Å². The van der Waals surface area contributed by atoms with Crippen molar-refractivity contribution < 1.29 is 18.0 Å². The van der Waals surface area contributed by atoms with Gasteiger partial charge < -0.3 is 4.90 Å². The lowest BCUT2D eigenvalue weighted by atomic mass is 10.0. The smallest absolute Gasteiger partial charge is 0.269 e. The van der Waals surface area contributed by atoms with Gasteiger partial charge in [-0.15, -0.1) is 6.42 Å². The number of anilines is 1. The molecule has 0 unspecified atom stereocenters. The van der Waals surface area contributed by atoms with Gasteiger partial charge in [0.25, 0.3) is 21.8 Å². The fraction of sp³-hybridized carbons (Fsp3) is 0.238. The number of carbonyl (C=O) groups is 2. The number of hydrogen-bond donors (Lipinski definition) is 0. The van der Waals surface area contributed by atoms with Gasteiger partial charge in [-0.25, -0.2) is 12.7 Å². The number of benzene rings is 2. The van der Waals surface area contributed by atoms with Crippen molar-refractivity contribution in [3.8, 4) is 12.3 Å². The second-order valence-corrected chi connectivity index (χ2v) is 8.83. The molecule has 0 N–H and O–H groups in total. The first-order chi connectivity index (χ1) is 13.3. The normalized spacial score (nSPS) is 16.7. The Morgan fingerprint density at radius 3 is 2.61 bits per heavy atom. The van der Waals surface area contributed by atoms with Crippen LogP contribution in [0, 0.1) is 26.2 Å². The SMILES string of the molecule is C#CCN1C(=O)c2ccc(C(=O)N3CCc4cc(C)c(C)cc43)cc2S1(=O)=O. The Hall–Kier alpha value is -3.11. The Bertz CT molecular complexity index is 1190. The molecule has 0 saturated heterocycles. The largest absolute Gasteiger partial charge is 0.308 e. The molecule has 0 aromatic heterocycles. The fourth-order valence-electron chi connectivity index (χ4n) is 3.68. The first kappa shape index (κ1) is 18.3. The standard InChI is InChI=1S/C21H18N2O4S/c1-4-8-23-21(25)17-6-5-16(12-19(17)28(23,26)27)20(24)22-9-7-15-10-13(2)14(3)11-18(15)22/h1,5-6,10-12H,7-9H2,2-3H3. The molecule has 2 aromatic carbocycles. The molecule has 0 aliphatic carbocycles. The maximum atomic E-state index is 13.1. The van der Waals surface area contributed by atoms with Crippen molar-refractivity contribution >= 4 is 27.5 Å². The molecule has 2 amide bonds. The molecule has 0 atom stereocenters. The summed E-state index contributed by atoms with van der Waals surface area (Å²) in [6.45, 7) is 4.22. The molecule has 0 saturated carbocycles. The Morgan fingerprint density at radius 1 is 1.18 bits per heavy atom. The number of amides is 2. The highest BCUT2D eigenvalue weighted by Crippen LogP contribution is 2.34. The van der Waals surface area contributed by atoms with Crippen LogP contribution in [0.1, 0.15) is 37.4 Å². The summed E-state index contributed by atoms with van der Waals surface area (Å²) in [7, 11) is -4.04. The summed E-state index contributed by atoms with van der Waals surface area (Å²) in [4.78, 5) is 26.9. The number of hydrogen-bond acceptors (Lipinski definition) is 4. The van der Waals surface area contributed by atoms with E-state index < -0.39 is 15.9 Å². The van der Waals surface area contributed by atoms with Crippen LogP contribution in [-0.4, -0.2) is 37.6 Å². The van der Waals surface area contributed by atoms with Crippen molar-refractivity contribution in [2.24, 2.45) is 0 Å². The lowest BCUT2D eigenvalue weighted by Crippen LogP contribution is -2.30. The second kappa shape index (κ2) is 6.21. The topological polar surface area (TPSA) is 74.8 Å². The maximum Gasteiger partial charge on any atom is 0.269 e. The van der Waals surface area contributed by atoms with Crippen LogP contribution in [0.2, 0.25) is 0 Å². The van der Waals surface area contributed by atoms with Gasteiger partial charge in [-0.1, -0.05) is 12.0 Å². The van der Waals surface area contributed by atoms with Crippen LogP contribution in [0.4, 0.5) is 5.69 Å². The third-order valence-electron chi connectivity index (χ3n) is 5.32. The zero-order valence-corrected chi connectivity index (χ0v) is 16.3. The van der Waals surface area contributed by atoms with Gasteiger partial charge in [0.15, 0.2) is 0 Å². The van der Waals surface area contributed by atoms with Crippen LogP contribution in [0.25, 0.3) is 0 Å². The monoisotopic (exact) mass is 394 g/mol. The maximum absolute atomic E-state index is 13.1. The molecule has 6 nitrogen and oxygen atoms in total. The van der Waals surface area contributed by atoms with E-state index in [1.165, 1.54) is 23.8 Å². The van der Waals surface area contributed by atoms with Crippen molar-refractivity contribution in [2.75, 3.05) is 18.0 Å².